The summed E-state index contributed by atoms with van der Waals surface area (Å²) in [5, 5.41) is 7.05. The molecule has 0 saturated carbocycles. The van der Waals surface area contributed by atoms with Crippen LogP contribution >= 0.6 is 0 Å². The quantitative estimate of drug-likeness (QED) is 0.458. The van der Waals surface area contributed by atoms with Crippen LogP contribution in [-0.4, -0.2) is 51.1 Å². The monoisotopic (exact) mass is 410 g/mol. The number of ether oxygens (including phenoxy) is 1. The van der Waals surface area contributed by atoms with E-state index in [9.17, 15) is 14.4 Å². The first-order valence-electron chi connectivity index (χ1n) is 9.76. The van der Waals surface area contributed by atoms with E-state index in [1.165, 1.54) is 15.3 Å². The fourth-order valence-electron chi connectivity index (χ4n) is 3.37. The molecule has 4 rings (SSSR count). The largest absolute Gasteiger partial charge is 0.488 e. The number of aromatic nitrogens is 4. The number of pyridine rings is 2. The van der Waals surface area contributed by atoms with Gasteiger partial charge in [0, 0.05) is 44.2 Å². The molecule has 1 aliphatic rings. The van der Waals surface area contributed by atoms with Gasteiger partial charge in [0.1, 0.15) is 12.9 Å². The molecular weight excluding hydrogens is 388 g/mol. The number of anilines is 2. The fraction of sp³-hybridized carbons (Fsp3) is 0.350. The van der Waals surface area contributed by atoms with Gasteiger partial charge in [-0.25, -0.2) is 14.5 Å². The molecule has 156 valence electrons. The minimum atomic E-state index is -0.230. The van der Waals surface area contributed by atoms with Crippen LogP contribution in [0.5, 0.6) is 5.75 Å². The Kier molecular flexibility index (Phi) is 5.46. The molecule has 0 fully saturated rings. The highest BCUT2D eigenvalue weighted by Crippen LogP contribution is 2.35. The van der Waals surface area contributed by atoms with Gasteiger partial charge in [-0.2, -0.15) is 5.10 Å². The highest BCUT2D eigenvalue weighted by molar-refractivity contribution is 5.94. The first-order chi connectivity index (χ1) is 14.6. The van der Waals surface area contributed by atoms with Crippen LogP contribution in [-0.2, 0) is 11.8 Å². The van der Waals surface area contributed by atoms with Crippen LogP contribution < -0.4 is 20.6 Å². The average Bonchev–Trinajstić information content (AvgIpc) is 3.05. The summed E-state index contributed by atoms with van der Waals surface area (Å²) in [7, 11) is 1.61. The van der Waals surface area contributed by atoms with Crippen molar-refractivity contribution in [2.75, 3.05) is 24.6 Å². The number of nitrogens with zero attached hydrogens (tertiary/aromatic N) is 5. The van der Waals surface area contributed by atoms with Crippen LogP contribution in [0.3, 0.4) is 0 Å². The van der Waals surface area contributed by atoms with E-state index in [1.54, 1.807) is 19.3 Å². The summed E-state index contributed by atoms with van der Waals surface area (Å²) in [5.74, 6) is 0.894. The Labute approximate surface area is 172 Å². The predicted octanol–water partition coefficient (Wildman–Crippen LogP) is 1.06. The second kappa shape index (κ2) is 8.36. The van der Waals surface area contributed by atoms with Gasteiger partial charge < -0.3 is 19.7 Å². The molecule has 10 nitrogen and oxygen atoms in total. The Hall–Kier alpha value is -3.69. The third kappa shape index (κ3) is 3.76. The zero-order valence-electron chi connectivity index (χ0n) is 16.6. The molecule has 30 heavy (non-hydrogen) atoms. The fourth-order valence-corrected chi connectivity index (χ4v) is 3.37. The molecule has 4 heterocycles. The Bertz CT molecular complexity index is 1150. The molecule has 3 aromatic heterocycles. The number of fused-ring (bicyclic) bond motifs is 2. The number of amides is 1. The second-order valence-corrected chi connectivity index (χ2v) is 6.98. The van der Waals surface area contributed by atoms with Gasteiger partial charge in [-0.15, -0.1) is 0 Å². The predicted molar refractivity (Wildman–Crippen MR) is 109 cm³/mol. The smallest absolute Gasteiger partial charge is 0.350 e. The number of hydrogen-bond donors (Lipinski definition) is 1. The third-order valence-corrected chi connectivity index (χ3v) is 4.92. The number of aldehydes is 1. The van der Waals surface area contributed by atoms with E-state index in [4.69, 9.17) is 4.74 Å². The average molecular weight is 410 g/mol. The molecule has 0 aliphatic carbocycles. The third-order valence-electron chi connectivity index (χ3n) is 4.92. The maximum atomic E-state index is 12.4. The van der Waals surface area contributed by atoms with Gasteiger partial charge in [0.05, 0.1) is 12.1 Å². The Balaban J connectivity index is 1.54. The van der Waals surface area contributed by atoms with E-state index in [0.717, 1.165) is 24.8 Å². The van der Waals surface area contributed by atoms with Crippen LogP contribution in [0.1, 0.15) is 29.6 Å². The molecule has 10 heteroatoms. The zero-order chi connectivity index (χ0) is 21.1. The molecular formula is C20H22N6O4. The molecule has 0 spiro atoms. The lowest BCUT2D eigenvalue weighted by molar-refractivity contribution is -0.107. The van der Waals surface area contributed by atoms with Crippen LogP contribution in [0.4, 0.5) is 11.5 Å². The van der Waals surface area contributed by atoms with E-state index in [2.05, 4.69) is 15.4 Å². The molecule has 0 aromatic carbocycles. The van der Waals surface area contributed by atoms with E-state index >= 15 is 0 Å². The molecule has 0 unspecified atom stereocenters. The lowest BCUT2D eigenvalue weighted by atomic mass is 10.2. The first-order valence-corrected chi connectivity index (χ1v) is 9.76. The summed E-state index contributed by atoms with van der Waals surface area (Å²) in [6.45, 7) is 1.52. The van der Waals surface area contributed by atoms with Crippen molar-refractivity contribution in [1.82, 2.24) is 24.5 Å². The van der Waals surface area contributed by atoms with Crippen LogP contribution in [0, 0.1) is 0 Å². The van der Waals surface area contributed by atoms with E-state index in [0.29, 0.717) is 48.9 Å². The zero-order valence-corrected chi connectivity index (χ0v) is 16.6. The number of nitrogens with one attached hydrogen (secondary N) is 1. The number of rotatable bonds is 7. The molecule has 1 amide bonds. The lowest BCUT2D eigenvalue weighted by Gasteiger charge is -2.30. The lowest BCUT2D eigenvalue weighted by Crippen LogP contribution is -2.30. The molecule has 3 aromatic rings. The number of hydrogen-bond acceptors (Lipinski definition) is 7. The Morgan fingerprint density at radius 2 is 2.20 bits per heavy atom. The van der Waals surface area contributed by atoms with Gasteiger partial charge in [-0.05, 0) is 25.0 Å². The number of aryl methyl sites for hydroxylation is 1. The Morgan fingerprint density at radius 3 is 3.03 bits per heavy atom. The molecule has 1 N–H and O–H groups in total. The summed E-state index contributed by atoms with van der Waals surface area (Å²) in [6.07, 6.45) is 6.07. The second-order valence-electron chi connectivity index (χ2n) is 6.98. The van der Waals surface area contributed by atoms with Gasteiger partial charge >= 0.3 is 5.69 Å². The van der Waals surface area contributed by atoms with Crippen molar-refractivity contribution in [2.24, 2.45) is 7.05 Å². The van der Waals surface area contributed by atoms with Crippen molar-refractivity contribution in [3.63, 3.8) is 0 Å². The van der Waals surface area contributed by atoms with Gasteiger partial charge in [0.2, 0.25) is 0 Å². The molecule has 0 saturated heterocycles. The summed E-state index contributed by atoms with van der Waals surface area (Å²) >= 11 is 0. The summed E-state index contributed by atoms with van der Waals surface area (Å²) in [4.78, 5) is 41.1. The van der Waals surface area contributed by atoms with Crippen LogP contribution in [0.2, 0.25) is 0 Å². The number of carbonyl (C=O) groups excluding carboxylic acids is 2. The first kappa shape index (κ1) is 19.6. The van der Waals surface area contributed by atoms with Crippen LogP contribution in [0.15, 0.2) is 35.4 Å². The standard InChI is InChI=1S/C20H22N6O4/c1-24-20(29)26-7-5-15(12-17(26)23-24)25-8-10-30-16-11-14(13-22-18(16)25)19(28)21-6-3-2-4-9-27/h5,7,9,11-13H,2-4,6,8,10H2,1H3,(H,21,28). The van der Waals surface area contributed by atoms with Crippen molar-refractivity contribution in [1.29, 1.82) is 0 Å². The highest BCUT2D eigenvalue weighted by atomic mass is 16.5. The van der Waals surface area contributed by atoms with Gasteiger partial charge in [-0.1, -0.05) is 0 Å². The SMILES string of the molecule is Cn1nc2cc(N3CCOc4cc(C(=O)NCCCCC=O)cnc43)ccn2c1=O. The minimum absolute atomic E-state index is 0.209. The minimum Gasteiger partial charge on any atom is -0.488 e. The highest BCUT2D eigenvalue weighted by Gasteiger charge is 2.23. The normalized spacial score (nSPS) is 13.0. The Morgan fingerprint density at radius 1 is 1.33 bits per heavy atom. The number of unbranched alkanes of at least 4 members (excludes halogenated alkanes) is 2. The molecule has 0 atom stereocenters. The van der Waals surface area contributed by atoms with Crippen molar-refractivity contribution in [2.45, 2.75) is 19.3 Å². The van der Waals surface area contributed by atoms with E-state index in [-0.39, 0.29) is 11.6 Å². The molecule has 1 aliphatic heterocycles. The molecule has 0 radical (unpaired) electrons. The summed E-state index contributed by atoms with van der Waals surface area (Å²) < 4.78 is 8.50. The van der Waals surface area contributed by atoms with E-state index < -0.39 is 0 Å². The van der Waals surface area contributed by atoms with Crippen molar-refractivity contribution in [3.05, 3.63) is 46.6 Å². The van der Waals surface area contributed by atoms with Crippen molar-refractivity contribution >= 4 is 29.3 Å². The van der Waals surface area contributed by atoms with Crippen molar-refractivity contribution in [3.8, 4) is 5.75 Å². The van der Waals surface area contributed by atoms with Gasteiger partial charge in [0.25, 0.3) is 5.91 Å². The maximum Gasteiger partial charge on any atom is 0.350 e. The topological polar surface area (TPSA) is 111 Å². The molecule has 0 bridgehead atoms. The van der Waals surface area contributed by atoms with Gasteiger partial charge in [-0.3, -0.25) is 9.20 Å². The summed E-state index contributed by atoms with van der Waals surface area (Å²) in [5.41, 5.74) is 1.58. The van der Waals surface area contributed by atoms with Crippen molar-refractivity contribution < 1.29 is 14.3 Å². The summed E-state index contributed by atoms with van der Waals surface area (Å²) in [6, 6.07) is 5.32. The van der Waals surface area contributed by atoms with E-state index in [1.807, 2.05) is 17.0 Å². The van der Waals surface area contributed by atoms with Crippen LogP contribution in [0.25, 0.3) is 5.65 Å². The van der Waals surface area contributed by atoms with Gasteiger partial charge in [0.15, 0.2) is 17.2 Å². The number of carbonyl (C=O) groups is 2. The maximum absolute atomic E-state index is 12.4.